The summed E-state index contributed by atoms with van der Waals surface area (Å²) in [6.07, 6.45) is -2.42. The molecular formula is C30H30ClF3N4O3S. The van der Waals surface area contributed by atoms with Crippen molar-refractivity contribution in [2.24, 2.45) is 5.41 Å². The van der Waals surface area contributed by atoms with E-state index in [2.05, 4.69) is 15.3 Å². The van der Waals surface area contributed by atoms with Crippen LogP contribution < -0.4 is 14.8 Å². The van der Waals surface area contributed by atoms with Crippen LogP contribution in [-0.2, 0) is 11.0 Å². The number of anilines is 1. The summed E-state index contributed by atoms with van der Waals surface area (Å²) in [6.45, 7) is 6.80. The number of alkyl halides is 3. The average molecular weight is 619 g/mol. The molecule has 0 saturated carbocycles. The normalized spacial score (nSPS) is 16.5. The number of pyridine rings is 1. The van der Waals surface area contributed by atoms with Crippen LogP contribution in [0.3, 0.4) is 0 Å². The molecule has 7 nitrogen and oxygen atoms in total. The fourth-order valence-electron chi connectivity index (χ4n) is 4.86. The van der Waals surface area contributed by atoms with Crippen molar-refractivity contribution in [2.75, 3.05) is 25.5 Å². The number of ether oxygens (including phenoxy) is 2. The Labute approximate surface area is 250 Å². The van der Waals surface area contributed by atoms with Gasteiger partial charge < -0.3 is 19.7 Å². The molecular weight excluding hydrogens is 589 g/mol. The van der Waals surface area contributed by atoms with Gasteiger partial charge in [0, 0.05) is 39.7 Å². The van der Waals surface area contributed by atoms with Crippen molar-refractivity contribution in [2.45, 2.75) is 45.5 Å². The highest BCUT2D eigenvalue weighted by molar-refractivity contribution is 7.14. The van der Waals surface area contributed by atoms with Gasteiger partial charge in [-0.05, 0) is 35.7 Å². The Balaban J connectivity index is 1.28. The third-order valence-corrected chi connectivity index (χ3v) is 8.13. The molecule has 2 aromatic carbocycles. The lowest BCUT2D eigenvalue weighted by Crippen LogP contribution is -2.49. The molecule has 1 fully saturated rings. The summed E-state index contributed by atoms with van der Waals surface area (Å²) in [7, 11) is 1.58. The Morgan fingerprint density at radius 3 is 2.55 bits per heavy atom. The van der Waals surface area contributed by atoms with E-state index in [9.17, 15) is 18.0 Å². The number of nitrogens with one attached hydrogen (secondary N) is 1. The quantitative estimate of drug-likeness (QED) is 0.231. The lowest BCUT2D eigenvalue weighted by Gasteiger charge is -2.33. The zero-order chi connectivity index (χ0) is 30.2. The summed E-state index contributed by atoms with van der Waals surface area (Å²) >= 11 is 7.54. The molecule has 5 rings (SSSR count). The van der Waals surface area contributed by atoms with E-state index in [1.807, 2.05) is 26.8 Å². The second-order valence-corrected chi connectivity index (χ2v) is 12.5. The fraction of sp³-hybridized carbons (Fsp3) is 0.367. The van der Waals surface area contributed by atoms with E-state index in [1.165, 1.54) is 23.5 Å². The number of amides is 1. The third-order valence-electron chi connectivity index (χ3n) is 7.12. The average Bonchev–Trinajstić information content (AvgIpc) is 3.61. The monoisotopic (exact) mass is 618 g/mol. The predicted molar refractivity (Wildman–Crippen MR) is 158 cm³/mol. The minimum absolute atomic E-state index is 0.0875. The van der Waals surface area contributed by atoms with Crippen LogP contribution >= 0.6 is 22.9 Å². The smallest absolute Gasteiger partial charge is 0.416 e. The Kier molecular flexibility index (Phi) is 8.26. The standard InChI is InChI=1S/C30H30ClF3N4O3S/c1-29(2,3)25(37-28-36-23(16-42-28)17-5-7-18(8-6-17)30(32,33)34)27(39)38-12-11-20(15-38)41-26-22-13-19(31)9-10-21(22)24(40-4)14-35-26/h5-10,13-14,16,20,25H,11-12,15H2,1-4H3,(H,36,37)/t20-,25-/m1/s1. The van der Waals surface area contributed by atoms with Gasteiger partial charge in [-0.15, -0.1) is 11.3 Å². The number of halogens is 4. The first-order valence-corrected chi connectivity index (χ1v) is 14.6. The fourth-order valence-corrected chi connectivity index (χ4v) is 5.78. The van der Waals surface area contributed by atoms with Crippen molar-refractivity contribution in [3.8, 4) is 22.9 Å². The Morgan fingerprint density at radius 1 is 1.14 bits per heavy atom. The lowest BCUT2D eigenvalue weighted by molar-refractivity contribution is -0.137. The molecule has 0 bridgehead atoms. The van der Waals surface area contributed by atoms with Crippen LogP contribution in [0.5, 0.6) is 11.6 Å². The predicted octanol–water partition coefficient (Wildman–Crippen LogP) is 7.55. The van der Waals surface area contributed by atoms with Crippen LogP contribution in [0.1, 0.15) is 32.8 Å². The van der Waals surface area contributed by atoms with Gasteiger partial charge in [0.2, 0.25) is 11.8 Å². The highest BCUT2D eigenvalue weighted by Crippen LogP contribution is 2.36. The molecule has 0 spiro atoms. The zero-order valence-electron chi connectivity index (χ0n) is 23.5. The van der Waals surface area contributed by atoms with Crippen molar-refractivity contribution in [3.63, 3.8) is 0 Å². The number of likely N-dealkylation sites (tertiary alicyclic amines) is 1. The minimum atomic E-state index is -4.40. The molecule has 3 heterocycles. The summed E-state index contributed by atoms with van der Waals surface area (Å²) in [5, 5.41) is 7.66. The number of carbonyl (C=O) groups excluding carboxylic acids is 1. The molecule has 0 aliphatic carbocycles. The second kappa shape index (κ2) is 11.6. The molecule has 42 heavy (non-hydrogen) atoms. The van der Waals surface area contributed by atoms with Crippen LogP contribution in [0.2, 0.25) is 5.02 Å². The van der Waals surface area contributed by atoms with E-state index in [0.29, 0.717) is 52.6 Å². The zero-order valence-corrected chi connectivity index (χ0v) is 25.0. The van der Waals surface area contributed by atoms with Crippen molar-refractivity contribution < 1.29 is 27.4 Å². The Bertz CT molecular complexity index is 1590. The maximum Gasteiger partial charge on any atom is 0.416 e. The number of benzene rings is 2. The van der Waals surface area contributed by atoms with Gasteiger partial charge >= 0.3 is 6.18 Å². The topological polar surface area (TPSA) is 76.6 Å². The largest absolute Gasteiger partial charge is 0.494 e. The van der Waals surface area contributed by atoms with E-state index >= 15 is 0 Å². The summed E-state index contributed by atoms with van der Waals surface area (Å²) in [5.74, 6) is 0.951. The van der Waals surface area contributed by atoms with Gasteiger partial charge in [-0.1, -0.05) is 44.5 Å². The molecule has 1 aliphatic rings. The molecule has 2 atom stereocenters. The second-order valence-electron chi connectivity index (χ2n) is 11.2. The molecule has 0 radical (unpaired) electrons. The molecule has 4 aromatic rings. The molecule has 1 aliphatic heterocycles. The SMILES string of the molecule is COc1cnc(O[C@@H]2CCN(C(=O)[C@@H](Nc3nc(-c4ccc(C(F)(F)F)cc4)cs3)C(C)(C)C)C2)c2cc(Cl)ccc12. The van der Waals surface area contributed by atoms with E-state index < -0.39 is 23.2 Å². The number of nitrogens with zero attached hydrogens (tertiary/aromatic N) is 3. The minimum Gasteiger partial charge on any atom is -0.494 e. The summed E-state index contributed by atoms with van der Waals surface area (Å²) in [6, 6.07) is 9.69. The first kappa shape index (κ1) is 29.9. The highest BCUT2D eigenvalue weighted by atomic mass is 35.5. The van der Waals surface area contributed by atoms with Gasteiger partial charge in [0.15, 0.2) is 5.13 Å². The van der Waals surface area contributed by atoms with Crippen molar-refractivity contribution >= 4 is 44.7 Å². The van der Waals surface area contributed by atoms with E-state index in [-0.39, 0.29) is 12.0 Å². The molecule has 0 unspecified atom stereocenters. The van der Waals surface area contributed by atoms with Gasteiger partial charge in [-0.2, -0.15) is 13.2 Å². The number of hydrogen-bond donors (Lipinski definition) is 1. The highest BCUT2D eigenvalue weighted by Gasteiger charge is 2.38. The van der Waals surface area contributed by atoms with Gasteiger partial charge in [-0.25, -0.2) is 9.97 Å². The number of hydrogen-bond acceptors (Lipinski definition) is 7. The van der Waals surface area contributed by atoms with Crippen LogP contribution in [-0.4, -0.2) is 53.1 Å². The van der Waals surface area contributed by atoms with Gasteiger partial charge in [-0.3, -0.25) is 4.79 Å². The number of fused-ring (bicyclic) bond motifs is 1. The maximum absolute atomic E-state index is 13.8. The van der Waals surface area contributed by atoms with Crippen LogP contribution in [0, 0.1) is 5.41 Å². The molecule has 222 valence electrons. The first-order chi connectivity index (χ1) is 19.8. The molecule has 1 saturated heterocycles. The molecule has 2 aromatic heterocycles. The first-order valence-electron chi connectivity index (χ1n) is 13.3. The van der Waals surface area contributed by atoms with E-state index in [0.717, 1.165) is 22.9 Å². The van der Waals surface area contributed by atoms with Crippen LogP contribution in [0.15, 0.2) is 54.0 Å². The molecule has 1 N–H and O–H groups in total. The lowest BCUT2D eigenvalue weighted by atomic mass is 9.86. The summed E-state index contributed by atoms with van der Waals surface area (Å²) in [5.41, 5.74) is -0.0802. The number of aromatic nitrogens is 2. The van der Waals surface area contributed by atoms with Gasteiger partial charge in [0.25, 0.3) is 0 Å². The number of rotatable bonds is 7. The number of methoxy groups -OCH3 is 1. The van der Waals surface area contributed by atoms with Gasteiger partial charge in [0.05, 0.1) is 31.1 Å². The van der Waals surface area contributed by atoms with Crippen LogP contribution in [0.25, 0.3) is 22.0 Å². The summed E-state index contributed by atoms with van der Waals surface area (Å²) < 4.78 is 50.5. The van der Waals surface area contributed by atoms with Crippen molar-refractivity contribution in [1.29, 1.82) is 0 Å². The van der Waals surface area contributed by atoms with Crippen molar-refractivity contribution in [1.82, 2.24) is 14.9 Å². The maximum atomic E-state index is 13.8. The van der Waals surface area contributed by atoms with E-state index in [1.54, 1.807) is 35.7 Å². The van der Waals surface area contributed by atoms with E-state index in [4.69, 9.17) is 21.1 Å². The summed E-state index contributed by atoms with van der Waals surface area (Å²) in [4.78, 5) is 24.5. The number of carbonyl (C=O) groups is 1. The Hall–Kier alpha value is -3.57. The van der Waals surface area contributed by atoms with Gasteiger partial charge in [0.1, 0.15) is 17.9 Å². The number of thiazole rings is 1. The molecule has 1 amide bonds. The third kappa shape index (κ3) is 6.42. The van der Waals surface area contributed by atoms with Crippen LogP contribution in [0.4, 0.5) is 18.3 Å². The molecule has 12 heteroatoms. The van der Waals surface area contributed by atoms with Crippen molar-refractivity contribution in [3.05, 3.63) is 64.6 Å². The Morgan fingerprint density at radius 2 is 1.88 bits per heavy atom.